The van der Waals surface area contributed by atoms with Crippen LogP contribution < -0.4 is 5.73 Å². The van der Waals surface area contributed by atoms with E-state index in [1.807, 2.05) is 0 Å². The minimum Gasteiger partial charge on any atom is -0.334 e. The van der Waals surface area contributed by atoms with Crippen LogP contribution >= 0.6 is 0 Å². The Labute approximate surface area is 116 Å². The van der Waals surface area contributed by atoms with Crippen molar-refractivity contribution in [2.24, 2.45) is 5.73 Å². The second-order valence-electron chi connectivity index (χ2n) is 5.91. The lowest BCUT2D eigenvalue weighted by Gasteiger charge is -2.40. The van der Waals surface area contributed by atoms with Gasteiger partial charge in [-0.05, 0) is 38.2 Å². The number of carbonyl (C=O) groups is 1. The molecule has 108 valence electrons. The molecule has 2 aliphatic carbocycles. The molecule has 3 rings (SSSR count). The normalized spacial score (nSPS) is 20.4. The first-order valence-corrected chi connectivity index (χ1v) is 7.03. The summed E-state index contributed by atoms with van der Waals surface area (Å²) >= 11 is 0. The van der Waals surface area contributed by atoms with Crippen LogP contribution in [0.15, 0.2) is 18.2 Å². The molecule has 0 unspecified atom stereocenters. The molecule has 1 amide bonds. The Balaban J connectivity index is 1.79. The quantitative estimate of drug-likeness (QED) is 0.920. The van der Waals surface area contributed by atoms with E-state index in [4.69, 9.17) is 5.73 Å². The SMILES string of the molecule is NC1(C(=O)N(Cc2ccc(F)cc2F)C2CC2)CCC1. The number of hydrogen-bond acceptors (Lipinski definition) is 2. The van der Waals surface area contributed by atoms with Gasteiger partial charge in [0.15, 0.2) is 0 Å². The first-order valence-electron chi connectivity index (χ1n) is 7.03. The molecule has 0 heterocycles. The third-order valence-corrected chi connectivity index (χ3v) is 4.28. The van der Waals surface area contributed by atoms with Crippen LogP contribution in [0, 0.1) is 11.6 Å². The van der Waals surface area contributed by atoms with Gasteiger partial charge in [0, 0.05) is 24.2 Å². The lowest BCUT2D eigenvalue weighted by atomic mass is 9.76. The summed E-state index contributed by atoms with van der Waals surface area (Å²) in [7, 11) is 0. The molecule has 2 saturated carbocycles. The highest BCUT2D eigenvalue weighted by atomic mass is 19.1. The first kappa shape index (κ1) is 13.5. The highest BCUT2D eigenvalue weighted by Crippen LogP contribution is 2.36. The lowest BCUT2D eigenvalue weighted by Crippen LogP contribution is -2.59. The van der Waals surface area contributed by atoms with E-state index in [-0.39, 0.29) is 18.5 Å². The molecule has 0 radical (unpaired) electrons. The van der Waals surface area contributed by atoms with Gasteiger partial charge in [0.2, 0.25) is 5.91 Å². The molecule has 3 nitrogen and oxygen atoms in total. The molecule has 20 heavy (non-hydrogen) atoms. The molecular formula is C15H18F2N2O. The molecule has 2 aliphatic rings. The van der Waals surface area contributed by atoms with E-state index in [2.05, 4.69) is 0 Å². The van der Waals surface area contributed by atoms with Gasteiger partial charge in [-0.1, -0.05) is 6.07 Å². The van der Waals surface area contributed by atoms with Crippen molar-refractivity contribution in [1.82, 2.24) is 4.90 Å². The largest absolute Gasteiger partial charge is 0.334 e. The molecule has 5 heteroatoms. The summed E-state index contributed by atoms with van der Waals surface area (Å²) in [6.07, 6.45) is 4.23. The maximum absolute atomic E-state index is 13.7. The Morgan fingerprint density at radius 2 is 2.05 bits per heavy atom. The highest BCUT2D eigenvalue weighted by molar-refractivity contribution is 5.87. The fraction of sp³-hybridized carbons (Fsp3) is 0.533. The van der Waals surface area contributed by atoms with Crippen molar-refractivity contribution in [2.45, 2.75) is 50.2 Å². The summed E-state index contributed by atoms with van der Waals surface area (Å²) < 4.78 is 26.7. The zero-order chi connectivity index (χ0) is 14.3. The van der Waals surface area contributed by atoms with Crippen LogP contribution in [0.2, 0.25) is 0 Å². The first-order chi connectivity index (χ1) is 9.49. The van der Waals surface area contributed by atoms with Gasteiger partial charge < -0.3 is 10.6 Å². The summed E-state index contributed by atoms with van der Waals surface area (Å²) in [5.74, 6) is -1.30. The minimum absolute atomic E-state index is 0.0880. The van der Waals surface area contributed by atoms with Gasteiger partial charge in [0.05, 0.1) is 5.54 Å². The summed E-state index contributed by atoms with van der Waals surface area (Å²) in [5.41, 5.74) is 5.66. The Kier molecular flexibility index (Phi) is 3.24. The van der Waals surface area contributed by atoms with Crippen LogP contribution in [-0.4, -0.2) is 22.4 Å². The van der Waals surface area contributed by atoms with Gasteiger partial charge >= 0.3 is 0 Å². The van der Waals surface area contributed by atoms with Crippen molar-refractivity contribution < 1.29 is 13.6 Å². The number of nitrogens with two attached hydrogens (primary N) is 1. The fourth-order valence-corrected chi connectivity index (χ4v) is 2.64. The van der Waals surface area contributed by atoms with Crippen molar-refractivity contribution in [3.8, 4) is 0 Å². The van der Waals surface area contributed by atoms with Crippen LogP contribution in [-0.2, 0) is 11.3 Å². The Bertz CT molecular complexity index is 539. The second kappa shape index (κ2) is 4.81. The summed E-state index contributed by atoms with van der Waals surface area (Å²) in [4.78, 5) is 14.2. The number of carbonyl (C=O) groups excluding carboxylic acids is 1. The van der Waals surface area contributed by atoms with Crippen molar-refractivity contribution in [2.75, 3.05) is 0 Å². The van der Waals surface area contributed by atoms with Gasteiger partial charge in [-0.2, -0.15) is 0 Å². The van der Waals surface area contributed by atoms with Gasteiger partial charge in [-0.3, -0.25) is 4.79 Å². The number of rotatable bonds is 4. The van der Waals surface area contributed by atoms with Crippen LogP contribution in [0.4, 0.5) is 8.78 Å². The smallest absolute Gasteiger partial charge is 0.243 e. The molecule has 0 saturated heterocycles. The number of amides is 1. The van der Waals surface area contributed by atoms with E-state index in [1.54, 1.807) is 4.90 Å². The van der Waals surface area contributed by atoms with E-state index in [0.29, 0.717) is 18.4 Å². The maximum atomic E-state index is 13.7. The zero-order valence-corrected chi connectivity index (χ0v) is 11.2. The number of nitrogens with zero attached hydrogens (tertiary/aromatic N) is 1. The van der Waals surface area contributed by atoms with Gasteiger partial charge in [-0.25, -0.2) is 8.78 Å². The minimum atomic E-state index is -0.765. The standard InChI is InChI=1S/C15H18F2N2O/c16-11-3-2-10(13(17)8-11)9-19(12-4-5-12)14(20)15(18)6-1-7-15/h2-3,8,12H,1,4-7,9,18H2. The molecule has 1 aromatic rings. The predicted octanol–water partition coefficient (Wildman–Crippen LogP) is 2.34. The van der Waals surface area contributed by atoms with Gasteiger partial charge in [0.25, 0.3) is 0 Å². The zero-order valence-electron chi connectivity index (χ0n) is 11.2. The molecule has 0 aromatic heterocycles. The van der Waals surface area contributed by atoms with Crippen molar-refractivity contribution >= 4 is 5.91 Å². The van der Waals surface area contributed by atoms with E-state index in [0.717, 1.165) is 25.3 Å². The Morgan fingerprint density at radius 1 is 1.35 bits per heavy atom. The molecule has 0 aliphatic heterocycles. The third kappa shape index (κ3) is 2.42. The van der Waals surface area contributed by atoms with E-state index in [1.165, 1.54) is 12.1 Å². The summed E-state index contributed by atoms with van der Waals surface area (Å²) in [6.45, 7) is 0.175. The summed E-state index contributed by atoms with van der Waals surface area (Å²) in [5, 5.41) is 0. The Morgan fingerprint density at radius 3 is 2.55 bits per heavy atom. The van der Waals surface area contributed by atoms with Crippen molar-refractivity contribution in [3.63, 3.8) is 0 Å². The summed E-state index contributed by atoms with van der Waals surface area (Å²) in [6, 6.07) is 3.63. The van der Waals surface area contributed by atoms with Gasteiger partial charge in [0.1, 0.15) is 11.6 Å². The van der Waals surface area contributed by atoms with Crippen LogP contribution in [0.3, 0.4) is 0 Å². The molecule has 2 fully saturated rings. The van der Waals surface area contributed by atoms with Crippen LogP contribution in [0.25, 0.3) is 0 Å². The molecule has 2 N–H and O–H groups in total. The molecule has 0 spiro atoms. The van der Waals surface area contributed by atoms with Crippen molar-refractivity contribution in [3.05, 3.63) is 35.4 Å². The van der Waals surface area contributed by atoms with Crippen LogP contribution in [0.1, 0.15) is 37.7 Å². The molecule has 0 atom stereocenters. The van der Waals surface area contributed by atoms with E-state index >= 15 is 0 Å². The number of benzene rings is 1. The van der Waals surface area contributed by atoms with E-state index in [9.17, 15) is 13.6 Å². The second-order valence-corrected chi connectivity index (χ2v) is 5.91. The average molecular weight is 280 g/mol. The van der Waals surface area contributed by atoms with Gasteiger partial charge in [-0.15, -0.1) is 0 Å². The topological polar surface area (TPSA) is 46.3 Å². The molecular weight excluding hydrogens is 262 g/mol. The highest BCUT2D eigenvalue weighted by Gasteiger charge is 2.46. The molecule has 0 bridgehead atoms. The molecule has 1 aromatic carbocycles. The fourth-order valence-electron chi connectivity index (χ4n) is 2.64. The maximum Gasteiger partial charge on any atom is 0.243 e. The van der Waals surface area contributed by atoms with Crippen LogP contribution in [0.5, 0.6) is 0 Å². The Hall–Kier alpha value is -1.49. The average Bonchev–Trinajstić information content (AvgIpc) is 3.18. The third-order valence-electron chi connectivity index (χ3n) is 4.28. The lowest BCUT2D eigenvalue weighted by molar-refractivity contribution is -0.141. The van der Waals surface area contributed by atoms with E-state index < -0.39 is 17.2 Å². The number of hydrogen-bond donors (Lipinski definition) is 1. The predicted molar refractivity (Wildman–Crippen MR) is 70.7 cm³/mol. The number of halogens is 2. The monoisotopic (exact) mass is 280 g/mol. The van der Waals surface area contributed by atoms with Crippen molar-refractivity contribution in [1.29, 1.82) is 0 Å².